The molecular formula is C17H32N2O2. The Morgan fingerprint density at radius 3 is 2.43 bits per heavy atom. The number of carbonyl (C=O) groups is 1. The van der Waals surface area contributed by atoms with Crippen LogP contribution in [0.3, 0.4) is 0 Å². The number of ether oxygens (including phenoxy) is 1. The van der Waals surface area contributed by atoms with Crippen molar-refractivity contribution in [3.63, 3.8) is 0 Å². The molecule has 2 aliphatic rings. The maximum atomic E-state index is 11.5. The molecule has 2 aliphatic carbocycles. The van der Waals surface area contributed by atoms with Gasteiger partial charge in [0.25, 0.3) is 0 Å². The van der Waals surface area contributed by atoms with Crippen molar-refractivity contribution < 1.29 is 9.53 Å². The van der Waals surface area contributed by atoms with Crippen molar-refractivity contribution in [3.8, 4) is 0 Å². The van der Waals surface area contributed by atoms with Crippen LogP contribution in [-0.4, -0.2) is 42.1 Å². The Morgan fingerprint density at radius 2 is 1.95 bits per heavy atom. The Labute approximate surface area is 129 Å². The van der Waals surface area contributed by atoms with E-state index in [2.05, 4.69) is 32.6 Å². The largest absolute Gasteiger partial charge is 0.377 e. The van der Waals surface area contributed by atoms with Gasteiger partial charge in [0.05, 0.1) is 12.6 Å². The van der Waals surface area contributed by atoms with Gasteiger partial charge in [0, 0.05) is 24.1 Å². The van der Waals surface area contributed by atoms with Gasteiger partial charge in [-0.15, -0.1) is 0 Å². The van der Waals surface area contributed by atoms with E-state index in [9.17, 15) is 4.79 Å². The van der Waals surface area contributed by atoms with Crippen LogP contribution in [0.15, 0.2) is 0 Å². The van der Waals surface area contributed by atoms with E-state index in [1.807, 2.05) is 0 Å². The summed E-state index contributed by atoms with van der Waals surface area (Å²) in [6.45, 7) is 10.1. The molecule has 2 atom stereocenters. The lowest BCUT2D eigenvalue weighted by Crippen LogP contribution is -2.65. The summed E-state index contributed by atoms with van der Waals surface area (Å²) in [6, 6.07) is 0.957. The molecule has 0 aromatic carbocycles. The number of primary amides is 1. The van der Waals surface area contributed by atoms with Crippen LogP contribution in [0.5, 0.6) is 0 Å². The summed E-state index contributed by atoms with van der Waals surface area (Å²) in [6.07, 6.45) is 6.31. The Kier molecular flexibility index (Phi) is 5.31. The van der Waals surface area contributed by atoms with Crippen LogP contribution in [0.25, 0.3) is 0 Å². The maximum absolute atomic E-state index is 11.5. The zero-order chi connectivity index (χ0) is 15.6. The monoisotopic (exact) mass is 296 g/mol. The first-order valence-electron chi connectivity index (χ1n) is 8.48. The van der Waals surface area contributed by atoms with Gasteiger partial charge in [-0.2, -0.15) is 0 Å². The highest BCUT2D eigenvalue weighted by Gasteiger charge is 2.53. The third-order valence-electron chi connectivity index (χ3n) is 5.29. The molecule has 0 aromatic heterocycles. The van der Waals surface area contributed by atoms with Gasteiger partial charge >= 0.3 is 0 Å². The molecule has 2 N–H and O–H groups in total. The second-order valence-electron chi connectivity index (χ2n) is 7.87. The van der Waals surface area contributed by atoms with Gasteiger partial charge in [-0.3, -0.25) is 9.69 Å². The fourth-order valence-corrected chi connectivity index (χ4v) is 3.93. The van der Waals surface area contributed by atoms with Crippen LogP contribution in [-0.2, 0) is 9.53 Å². The van der Waals surface area contributed by atoms with Gasteiger partial charge in [0.2, 0.25) is 5.91 Å². The topological polar surface area (TPSA) is 55.6 Å². The molecule has 0 spiro atoms. The van der Waals surface area contributed by atoms with E-state index in [0.29, 0.717) is 30.7 Å². The molecule has 4 nitrogen and oxygen atoms in total. The highest BCUT2D eigenvalue weighted by molar-refractivity contribution is 5.76. The van der Waals surface area contributed by atoms with Gasteiger partial charge in [-0.05, 0) is 25.2 Å². The lowest BCUT2D eigenvalue weighted by molar-refractivity contribution is -0.166. The second-order valence-corrected chi connectivity index (χ2v) is 7.87. The van der Waals surface area contributed by atoms with Crippen LogP contribution in [0.4, 0.5) is 0 Å². The van der Waals surface area contributed by atoms with E-state index >= 15 is 0 Å². The summed E-state index contributed by atoms with van der Waals surface area (Å²) in [4.78, 5) is 13.8. The molecule has 122 valence electrons. The first kappa shape index (κ1) is 16.8. The summed E-state index contributed by atoms with van der Waals surface area (Å²) >= 11 is 0. The van der Waals surface area contributed by atoms with Crippen molar-refractivity contribution in [2.45, 2.75) is 78.0 Å². The zero-order valence-electron chi connectivity index (χ0n) is 14.1. The van der Waals surface area contributed by atoms with E-state index in [1.54, 1.807) is 0 Å². The molecule has 2 fully saturated rings. The molecule has 0 bridgehead atoms. The van der Waals surface area contributed by atoms with Gasteiger partial charge < -0.3 is 10.5 Å². The summed E-state index contributed by atoms with van der Waals surface area (Å²) in [7, 11) is 0. The number of nitrogens with two attached hydrogens (primary N) is 1. The molecule has 0 aromatic rings. The molecule has 2 rings (SSSR count). The lowest BCUT2D eigenvalue weighted by Gasteiger charge is -2.57. The van der Waals surface area contributed by atoms with E-state index < -0.39 is 0 Å². The van der Waals surface area contributed by atoms with E-state index in [-0.39, 0.29) is 11.3 Å². The Balaban J connectivity index is 1.99. The smallest absolute Gasteiger partial charge is 0.231 e. The van der Waals surface area contributed by atoms with Crippen molar-refractivity contribution in [2.24, 2.45) is 17.1 Å². The average Bonchev–Trinajstić information content (AvgIpc) is 2.88. The van der Waals surface area contributed by atoms with E-state index in [4.69, 9.17) is 10.5 Å². The summed E-state index contributed by atoms with van der Waals surface area (Å²) in [5.41, 5.74) is 5.59. The van der Waals surface area contributed by atoms with Gasteiger partial charge in [0.15, 0.2) is 0 Å². The molecule has 1 amide bonds. The predicted molar refractivity (Wildman–Crippen MR) is 84.9 cm³/mol. The fraction of sp³-hybridized carbons (Fsp3) is 0.941. The van der Waals surface area contributed by atoms with E-state index in [1.165, 1.54) is 25.7 Å². The third-order valence-corrected chi connectivity index (χ3v) is 5.29. The maximum Gasteiger partial charge on any atom is 0.231 e. The quantitative estimate of drug-likeness (QED) is 0.785. The Hall–Kier alpha value is -0.610. The number of nitrogens with zero attached hydrogens (tertiary/aromatic N) is 1. The van der Waals surface area contributed by atoms with Crippen LogP contribution in [0.1, 0.15) is 59.8 Å². The molecule has 21 heavy (non-hydrogen) atoms. The number of amides is 1. The van der Waals surface area contributed by atoms with Crippen molar-refractivity contribution in [3.05, 3.63) is 0 Å². The van der Waals surface area contributed by atoms with Gasteiger partial charge in [-0.1, -0.05) is 40.5 Å². The molecule has 0 unspecified atom stereocenters. The van der Waals surface area contributed by atoms with Crippen LogP contribution in [0, 0.1) is 11.3 Å². The summed E-state index contributed by atoms with van der Waals surface area (Å²) in [5.74, 6) is 0.362. The van der Waals surface area contributed by atoms with Crippen LogP contribution >= 0.6 is 0 Å². The second kappa shape index (κ2) is 6.66. The highest BCUT2D eigenvalue weighted by Crippen LogP contribution is 2.47. The SMILES string of the molecule is CC(C)CO[C@H]1C[C@@H](N(CC(N)=O)C2CCCC2)C1(C)C. The van der Waals surface area contributed by atoms with Crippen LogP contribution in [0.2, 0.25) is 0 Å². The molecule has 0 heterocycles. The van der Waals surface area contributed by atoms with E-state index in [0.717, 1.165) is 13.0 Å². The summed E-state index contributed by atoms with van der Waals surface area (Å²) in [5, 5.41) is 0. The predicted octanol–water partition coefficient (Wildman–Crippen LogP) is 2.56. The number of hydrogen-bond acceptors (Lipinski definition) is 3. The molecule has 0 aliphatic heterocycles. The first-order chi connectivity index (χ1) is 9.82. The first-order valence-corrected chi connectivity index (χ1v) is 8.48. The average molecular weight is 296 g/mol. The molecule has 0 radical (unpaired) electrons. The lowest BCUT2D eigenvalue weighted by atomic mass is 9.63. The molecule has 4 heteroatoms. The Bertz CT molecular complexity index is 362. The van der Waals surface area contributed by atoms with Crippen molar-refractivity contribution in [1.82, 2.24) is 4.90 Å². The minimum Gasteiger partial charge on any atom is -0.377 e. The number of hydrogen-bond donors (Lipinski definition) is 1. The number of rotatable bonds is 7. The fourth-order valence-electron chi connectivity index (χ4n) is 3.93. The summed E-state index contributed by atoms with van der Waals surface area (Å²) < 4.78 is 6.06. The Morgan fingerprint density at radius 1 is 1.33 bits per heavy atom. The zero-order valence-corrected chi connectivity index (χ0v) is 14.1. The molecule has 2 saturated carbocycles. The molecular weight excluding hydrogens is 264 g/mol. The standard InChI is InChI=1S/C17H32N2O2/c1-12(2)11-21-15-9-14(17(15,3)4)19(10-16(18)20)13-7-5-6-8-13/h12-15H,5-11H2,1-4H3,(H2,18,20)/t14-,15+/m1/s1. The van der Waals surface area contributed by atoms with Crippen molar-refractivity contribution in [1.29, 1.82) is 0 Å². The third kappa shape index (κ3) is 3.78. The van der Waals surface area contributed by atoms with Gasteiger partial charge in [0.1, 0.15) is 0 Å². The molecule has 0 saturated heterocycles. The normalized spacial score (nSPS) is 29.0. The minimum atomic E-state index is -0.204. The van der Waals surface area contributed by atoms with Crippen molar-refractivity contribution in [2.75, 3.05) is 13.2 Å². The van der Waals surface area contributed by atoms with Crippen LogP contribution < -0.4 is 5.73 Å². The minimum absolute atomic E-state index is 0.104. The highest BCUT2D eigenvalue weighted by atomic mass is 16.5. The van der Waals surface area contributed by atoms with Crippen molar-refractivity contribution >= 4 is 5.91 Å². The van der Waals surface area contributed by atoms with Gasteiger partial charge in [-0.25, -0.2) is 0 Å². The number of carbonyl (C=O) groups excluding carboxylic acids is 1.